The molecule has 3 radical (unpaired) electrons. The molecule has 0 atom stereocenters. The maximum Gasteiger partial charge on any atom is 3.00 e. The second kappa shape index (κ2) is 121. The molecule has 0 aromatic carbocycles. The van der Waals surface area contributed by atoms with Crippen molar-refractivity contribution in [2.24, 2.45) is 0 Å². The molecule has 0 fully saturated rings. The van der Waals surface area contributed by atoms with E-state index in [9.17, 15) is 0 Å². The average molecular weight is 159 g/mol. The molecule has 0 aliphatic carbocycles. The fourth-order valence-electron chi connectivity index (χ4n) is 0. The van der Waals surface area contributed by atoms with E-state index in [0.717, 1.165) is 0 Å². The minimum Gasteiger partial charge on any atom is -0.358 e. The third-order valence-corrected chi connectivity index (χ3v) is 0. The van der Waals surface area contributed by atoms with Gasteiger partial charge in [0.15, 0.2) is 0 Å². The molecule has 2 heteroatoms. The largest absolute Gasteiger partial charge is 3.00 e. The molecule has 0 saturated carbocycles. The van der Waals surface area contributed by atoms with Crippen LogP contribution in [0, 0.1) is 21.8 Å². The topological polar surface area (TPSA) is 0 Å². The summed E-state index contributed by atoms with van der Waals surface area (Å²) in [5.41, 5.74) is 0. The van der Waals surface area contributed by atoms with Gasteiger partial charge in [-0.25, -0.2) is 0 Å². The van der Waals surface area contributed by atoms with Crippen molar-refractivity contribution in [3.8, 4) is 0 Å². The van der Waals surface area contributed by atoms with Crippen LogP contribution >= 0.6 is 0 Å². The van der Waals surface area contributed by atoms with Crippen molar-refractivity contribution < 1.29 is 32.7 Å². The van der Waals surface area contributed by atoms with Crippen molar-refractivity contribution in [3.05, 3.63) is 21.8 Å². The van der Waals surface area contributed by atoms with Crippen LogP contribution in [0.25, 0.3) is 0 Å². The van der Waals surface area contributed by atoms with E-state index in [2.05, 4.69) is 6.92 Å². The van der Waals surface area contributed by atoms with Crippen LogP contribution < -0.4 is 0 Å². The first-order valence-corrected chi connectivity index (χ1v) is 0.707. The number of rotatable bonds is 0. The Morgan fingerprint density at radius 2 is 1.00 bits per heavy atom. The minimum atomic E-state index is 0. The number of hydrogen-bond donors (Lipinski definition) is 0. The van der Waals surface area contributed by atoms with Crippen LogP contribution in [0.3, 0.4) is 0 Å². The maximum atomic E-state index is 3.25. The Morgan fingerprint density at radius 1 is 1.00 bits per heavy atom. The Kier molecular flexibility index (Phi) is 1170. The fraction of sp³-hybridized carbons (Fsp3) is 0.250. The molecule has 0 nitrogen and oxygen atoms in total. The number of hydrogen-bond acceptors (Lipinski definition) is 0. The van der Waals surface area contributed by atoms with E-state index in [1.807, 2.05) is 0 Å². The second-order valence-electron chi connectivity index (χ2n) is 0. The first kappa shape index (κ1) is 58.0. The Bertz CT molecular complexity index is 7.51. The molecule has 0 unspecified atom stereocenters. The van der Waals surface area contributed by atoms with Crippen LogP contribution in [-0.2, 0) is 32.7 Å². The van der Waals surface area contributed by atoms with Gasteiger partial charge in [0.25, 0.3) is 0 Å². The van der Waals surface area contributed by atoms with Crippen LogP contribution in [0.2, 0.25) is 0 Å². The molecule has 0 aromatic heterocycles. The van der Waals surface area contributed by atoms with Crippen molar-refractivity contribution >= 4 is 8.41 Å². The summed E-state index contributed by atoms with van der Waals surface area (Å²) in [4.78, 5) is 0. The van der Waals surface area contributed by atoms with Gasteiger partial charge in [0, 0.05) is 8.41 Å². The standard InChI is InChI=1S/C2H5.2CH3.B.Y/c1-2;;;;/h1H2,2H3;2*1H3;;/q3*-1;;+3. The molecule has 0 heterocycles. The fourth-order valence-corrected chi connectivity index (χ4v) is 0. The Hall–Kier alpha value is 1.17. The Morgan fingerprint density at radius 3 is 1.00 bits per heavy atom. The summed E-state index contributed by atoms with van der Waals surface area (Å²) in [6.45, 7) is 5.00. The molecule has 6 heavy (non-hydrogen) atoms. The van der Waals surface area contributed by atoms with Crippen molar-refractivity contribution in [2.75, 3.05) is 0 Å². The van der Waals surface area contributed by atoms with Gasteiger partial charge in [-0.2, -0.15) is 6.92 Å². The first-order valence-electron chi connectivity index (χ1n) is 0.707. The summed E-state index contributed by atoms with van der Waals surface area (Å²) in [6.07, 6.45) is 0. The Labute approximate surface area is 69.6 Å². The van der Waals surface area contributed by atoms with E-state index < -0.39 is 0 Å². The summed E-state index contributed by atoms with van der Waals surface area (Å²) in [5, 5.41) is 0. The zero-order valence-corrected chi connectivity index (χ0v) is 7.70. The zero-order valence-electron chi connectivity index (χ0n) is 4.86. The van der Waals surface area contributed by atoms with Crippen molar-refractivity contribution in [2.45, 2.75) is 6.92 Å². The van der Waals surface area contributed by atoms with Crippen LogP contribution in [-0.4, -0.2) is 8.41 Å². The smallest absolute Gasteiger partial charge is 0.358 e. The normalized spacial score (nSPS) is 1.00. The van der Waals surface area contributed by atoms with Crippen molar-refractivity contribution in [3.63, 3.8) is 0 Å². The molecule has 0 aliphatic rings. The minimum absolute atomic E-state index is 0. The van der Waals surface area contributed by atoms with Gasteiger partial charge >= 0.3 is 32.7 Å². The molecule has 0 amide bonds. The van der Waals surface area contributed by atoms with Crippen molar-refractivity contribution in [1.29, 1.82) is 0 Å². The first-order chi connectivity index (χ1) is 1.00. The van der Waals surface area contributed by atoms with Crippen LogP contribution in [0.1, 0.15) is 6.92 Å². The summed E-state index contributed by atoms with van der Waals surface area (Å²) >= 11 is 0. The van der Waals surface area contributed by atoms with Gasteiger partial charge in [-0.3, -0.25) is 0 Å². The van der Waals surface area contributed by atoms with Gasteiger partial charge in [-0.1, -0.05) is 0 Å². The molecule has 0 rings (SSSR count). The van der Waals surface area contributed by atoms with E-state index in [1.54, 1.807) is 6.92 Å². The summed E-state index contributed by atoms with van der Waals surface area (Å²) in [7, 11) is 0. The average Bonchev–Trinajstić information content (AvgIpc) is 1.00. The van der Waals surface area contributed by atoms with Gasteiger partial charge in [-0.05, 0) is 0 Å². The molecule has 0 saturated heterocycles. The summed E-state index contributed by atoms with van der Waals surface area (Å²) in [6, 6.07) is 0. The molecule has 0 spiro atoms. The van der Waals surface area contributed by atoms with Gasteiger partial charge in [-0.15, -0.1) is 0 Å². The monoisotopic (exact) mass is 159 g/mol. The van der Waals surface area contributed by atoms with E-state index in [4.69, 9.17) is 0 Å². The van der Waals surface area contributed by atoms with E-state index in [1.165, 1.54) is 0 Å². The summed E-state index contributed by atoms with van der Waals surface area (Å²) in [5.74, 6) is 0. The maximum absolute atomic E-state index is 3.25. The molecule has 0 bridgehead atoms. The molecule has 33 valence electrons. The SMILES string of the molecule is [B].[CH2-]C.[CH3-].[CH3-].[Y+3]. The van der Waals surface area contributed by atoms with E-state index >= 15 is 0 Å². The molecule has 0 aliphatic heterocycles. The van der Waals surface area contributed by atoms with Gasteiger partial charge < -0.3 is 21.8 Å². The van der Waals surface area contributed by atoms with E-state index in [-0.39, 0.29) is 56.0 Å². The molecular formula is C4H11BY. The van der Waals surface area contributed by atoms with Gasteiger partial charge in [0.05, 0.1) is 0 Å². The second-order valence-corrected chi connectivity index (χ2v) is 0. The summed E-state index contributed by atoms with van der Waals surface area (Å²) < 4.78 is 0. The quantitative estimate of drug-likeness (QED) is 0.369. The molecule has 0 aromatic rings. The predicted octanol–water partition coefficient (Wildman–Crippen LogP) is 1.36. The van der Waals surface area contributed by atoms with Gasteiger partial charge in [0.2, 0.25) is 0 Å². The van der Waals surface area contributed by atoms with E-state index in [0.29, 0.717) is 0 Å². The zero-order chi connectivity index (χ0) is 2.00. The molecular weight excluding hydrogens is 148 g/mol. The Balaban J connectivity index is -0.000000000833. The third-order valence-electron chi connectivity index (χ3n) is 0. The predicted molar refractivity (Wildman–Crippen MR) is 29.6 cm³/mol. The van der Waals surface area contributed by atoms with Crippen LogP contribution in [0.5, 0.6) is 0 Å². The van der Waals surface area contributed by atoms with Gasteiger partial charge in [0.1, 0.15) is 0 Å². The third kappa shape index (κ3) is 65.8. The van der Waals surface area contributed by atoms with Crippen molar-refractivity contribution in [1.82, 2.24) is 0 Å². The van der Waals surface area contributed by atoms with Crippen LogP contribution in [0.15, 0.2) is 0 Å². The van der Waals surface area contributed by atoms with Crippen LogP contribution in [0.4, 0.5) is 0 Å². The molecule has 0 N–H and O–H groups in total.